The van der Waals surface area contributed by atoms with Gasteiger partial charge in [0.1, 0.15) is 17.1 Å². The first-order valence-corrected chi connectivity index (χ1v) is 17.2. The van der Waals surface area contributed by atoms with Crippen LogP contribution in [0.4, 0.5) is 4.79 Å². The number of ether oxygens (including phenoxy) is 4. The SMILES string of the molecule is COc1cc(-n2ccc3c(-c4cccc(-c5ccc(CN(C[C@@H]6CCC(=O)N6)C(=O)OC(C)(C)C)c(OC)n5)c4Cl)cccc32)cc(OC)c1C=O. The van der Waals surface area contributed by atoms with E-state index in [4.69, 9.17) is 35.5 Å². The molecule has 0 radical (unpaired) electrons. The number of amides is 2. The van der Waals surface area contributed by atoms with Gasteiger partial charge in [0, 0.05) is 59.4 Å². The Morgan fingerprint density at radius 2 is 1.67 bits per heavy atom. The second kappa shape index (κ2) is 15.0. The summed E-state index contributed by atoms with van der Waals surface area (Å²) in [6, 6.07) is 21.0. The van der Waals surface area contributed by atoms with Crippen molar-refractivity contribution in [2.45, 2.75) is 51.8 Å². The number of benzene rings is 3. The molecule has 2 aromatic heterocycles. The molecule has 0 spiro atoms. The second-order valence-electron chi connectivity index (χ2n) is 13.5. The first-order valence-electron chi connectivity index (χ1n) is 16.9. The molecule has 52 heavy (non-hydrogen) atoms. The van der Waals surface area contributed by atoms with Crippen LogP contribution in [0.2, 0.25) is 5.02 Å². The summed E-state index contributed by atoms with van der Waals surface area (Å²) in [6.45, 7) is 5.90. The number of carbonyl (C=O) groups is 3. The first-order chi connectivity index (χ1) is 24.9. The molecule has 0 bridgehead atoms. The van der Waals surface area contributed by atoms with E-state index in [-0.39, 0.29) is 25.0 Å². The molecular weight excluding hydrogens is 684 g/mol. The minimum atomic E-state index is -0.695. The largest absolute Gasteiger partial charge is 0.496 e. The number of pyridine rings is 1. The van der Waals surface area contributed by atoms with Crippen molar-refractivity contribution in [2.24, 2.45) is 0 Å². The molecule has 1 N–H and O–H groups in total. The summed E-state index contributed by atoms with van der Waals surface area (Å²) in [5, 5.41) is 4.40. The van der Waals surface area contributed by atoms with Gasteiger partial charge in [-0.2, -0.15) is 0 Å². The lowest BCUT2D eigenvalue weighted by Crippen LogP contribution is -2.43. The number of aldehydes is 1. The molecule has 6 rings (SSSR count). The lowest BCUT2D eigenvalue weighted by atomic mass is 9.98. The number of halogens is 1. The molecule has 2 amide bonds. The van der Waals surface area contributed by atoms with Crippen molar-refractivity contribution in [1.29, 1.82) is 0 Å². The van der Waals surface area contributed by atoms with E-state index in [1.165, 1.54) is 21.3 Å². The van der Waals surface area contributed by atoms with E-state index in [2.05, 4.69) is 5.32 Å². The average Bonchev–Trinajstić information content (AvgIpc) is 3.76. The van der Waals surface area contributed by atoms with Crippen molar-refractivity contribution in [3.63, 3.8) is 0 Å². The van der Waals surface area contributed by atoms with Gasteiger partial charge in [-0.25, -0.2) is 9.78 Å². The fraction of sp³-hybridized carbons (Fsp3) is 0.300. The highest BCUT2D eigenvalue weighted by Crippen LogP contribution is 2.41. The molecule has 5 aromatic rings. The molecule has 1 aliphatic heterocycles. The van der Waals surface area contributed by atoms with Gasteiger partial charge in [-0.05, 0) is 57.0 Å². The molecule has 0 unspecified atom stereocenters. The summed E-state index contributed by atoms with van der Waals surface area (Å²) in [6.07, 6.45) is 3.24. The van der Waals surface area contributed by atoms with Crippen LogP contribution in [-0.4, -0.2) is 72.3 Å². The minimum absolute atomic E-state index is 0.0302. The number of nitrogens with zero attached hydrogens (tertiary/aromatic N) is 3. The Balaban J connectivity index is 1.34. The van der Waals surface area contributed by atoms with Crippen molar-refractivity contribution in [2.75, 3.05) is 27.9 Å². The first kappa shape index (κ1) is 36.2. The third kappa shape index (κ3) is 7.41. The van der Waals surface area contributed by atoms with Crippen LogP contribution in [0.15, 0.2) is 72.9 Å². The maximum atomic E-state index is 13.3. The summed E-state index contributed by atoms with van der Waals surface area (Å²) in [7, 11) is 4.57. The summed E-state index contributed by atoms with van der Waals surface area (Å²) >= 11 is 7.19. The van der Waals surface area contributed by atoms with E-state index in [1.54, 1.807) is 17.0 Å². The minimum Gasteiger partial charge on any atom is -0.496 e. The average molecular weight is 725 g/mol. The second-order valence-corrected chi connectivity index (χ2v) is 13.9. The molecule has 12 heteroatoms. The molecular formula is C40H41ClN4O7. The third-order valence-electron chi connectivity index (χ3n) is 8.89. The van der Waals surface area contributed by atoms with Crippen molar-refractivity contribution in [3.8, 4) is 45.5 Å². The highest BCUT2D eigenvalue weighted by Gasteiger charge is 2.29. The van der Waals surface area contributed by atoms with Crippen molar-refractivity contribution >= 4 is 40.8 Å². The van der Waals surface area contributed by atoms with E-state index >= 15 is 0 Å². The van der Waals surface area contributed by atoms with Gasteiger partial charge < -0.3 is 33.7 Å². The molecule has 1 aliphatic rings. The van der Waals surface area contributed by atoms with Gasteiger partial charge in [0.25, 0.3) is 0 Å². The van der Waals surface area contributed by atoms with Gasteiger partial charge in [0.05, 0.1) is 55.4 Å². The number of methoxy groups -OCH3 is 3. The standard InChI is InChI=1S/C40H41ClN4O7/c1-40(2,3)52-39(48)44(22-25-14-16-36(47)42-25)21-24-13-15-32(43-38(24)51-6)30-11-7-10-29(37(30)41)27-9-8-12-33-28(27)17-18-45(33)26-19-34(49-4)31(23-46)35(20-26)50-5/h7-13,15,17-20,23,25H,14,16,21-22H2,1-6H3,(H,42,47)/t25-/m0/s1. The van der Waals surface area contributed by atoms with Crippen LogP contribution in [0.5, 0.6) is 17.4 Å². The Morgan fingerprint density at radius 1 is 0.981 bits per heavy atom. The Kier molecular flexibility index (Phi) is 10.4. The maximum Gasteiger partial charge on any atom is 0.410 e. The predicted octanol–water partition coefficient (Wildman–Crippen LogP) is 7.87. The lowest BCUT2D eigenvalue weighted by molar-refractivity contribution is -0.119. The van der Waals surface area contributed by atoms with Gasteiger partial charge >= 0.3 is 6.09 Å². The van der Waals surface area contributed by atoms with E-state index in [0.29, 0.717) is 57.6 Å². The maximum absolute atomic E-state index is 13.3. The van der Waals surface area contributed by atoms with E-state index in [1.807, 2.05) is 86.1 Å². The zero-order valence-electron chi connectivity index (χ0n) is 30.0. The van der Waals surface area contributed by atoms with Gasteiger partial charge in [0.15, 0.2) is 6.29 Å². The van der Waals surface area contributed by atoms with Crippen molar-refractivity contribution in [1.82, 2.24) is 19.8 Å². The van der Waals surface area contributed by atoms with Gasteiger partial charge in [0.2, 0.25) is 11.8 Å². The number of nitrogens with one attached hydrogen (secondary N) is 1. The molecule has 11 nitrogen and oxygen atoms in total. The van der Waals surface area contributed by atoms with Crippen LogP contribution in [0.25, 0.3) is 39.0 Å². The fourth-order valence-electron chi connectivity index (χ4n) is 6.48. The molecule has 1 saturated heterocycles. The fourth-order valence-corrected chi connectivity index (χ4v) is 6.80. The van der Waals surface area contributed by atoms with Crippen molar-refractivity contribution in [3.05, 3.63) is 89.1 Å². The Hall–Kier alpha value is -5.55. The van der Waals surface area contributed by atoms with E-state index in [0.717, 1.165) is 34.0 Å². The monoisotopic (exact) mass is 724 g/mol. The van der Waals surface area contributed by atoms with Crippen LogP contribution in [-0.2, 0) is 16.1 Å². The normalized spacial score (nSPS) is 14.2. The van der Waals surface area contributed by atoms with Crippen LogP contribution in [0, 0.1) is 0 Å². The quantitative estimate of drug-likeness (QED) is 0.137. The molecule has 1 fully saturated rings. The smallest absolute Gasteiger partial charge is 0.410 e. The topological polar surface area (TPSA) is 121 Å². The number of aromatic nitrogens is 2. The summed E-state index contributed by atoms with van der Waals surface area (Å²) < 4.78 is 24.4. The molecule has 3 heterocycles. The molecule has 0 aliphatic carbocycles. The summed E-state index contributed by atoms with van der Waals surface area (Å²) in [5.41, 5.74) is 5.03. The zero-order chi connectivity index (χ0) is 37.2. The van der Waals surface area contributed by atoms with Crippen LogP contribution in [0.3, 0.4) is 0 Å². The summed E-state index contributed by atoms with van der Waals surface area (Å²) in [4.78, 5) is 43.3. The van der Waals surface area contributed by atoms with Crippen molar-refractivity contribution < 1.29 is 33.3 Å². The van der Waals surface area contributed by atoms with Gasteiger partial charge in [-0.3, -0.25) is 9.59 Å². The zero-order valence-corrected chi connectivity index (χ0v) is 30.7. The van der Waals surface area contributed by atoms with Crippen LogP contribution < -0.4 is 19.5 Å². The summed E-state index contributed by atoms with van der Waals surface area (Å²) in [5.74, 6) is 1.13. The highest BCUT2D eigenvalue weighted by molar-refractivity contribution is 6.36. The van der Waals surface area contributed by atoms with Crippen LogP contribution in [0.1, 0.15) is 49.5 Å². The predicted molar refractivity (Wildman–Crippen MR) is 200 cm³/mol. The Labute approximate surface area is 307 Å². The Bertz CT molecular complexity index is 2130. The van der Waals surface area contributed by atoms with E-state index < -0.39 is 11.7 Å². The lowest BCUT2D eigenvalue weighted by Gasteiger charge is -2.29. The number of hydrogen-bond donors (Lipinski definition) is 1. The van der Waals surface area contributed by atoms with E-state index in [9.17, 15) is 14.4 Å². The molecule has 3 aromatic carbocycles. The number of fused-ring (bicyclic) bond motifs is 1. The molecule has 270 valence electrons. The third-order valence-corrected chi connectivity index (χ3v) is 9.30. The highest BCUT2D eigenvalue weighted by atomic mass is 35.5. The molecule has 1 atom stereocenters. The number of carbonyl (C=O) groups excluding carboxylic acids is 3. The Morgan fingerprint density at radius 3 is 2.31 bits per heavy atom. The van der Waals surface area contributed by atoms with Gasteiger partial charge in [-0.1, -0.05) is 41.9 Å². The van der Waals surface area contributed by atoms with Gasteiger partial charge in [-0.15, -0.1) is 0 Å². The number of hydrogen-bond acceptors (Lipinski definition) is 8. The number of rotatable bonds is 11. The van der Waals surface area contributed by atoms with Crippen LogP contribution >= 0.6 is 11.6 Å². The molecule has 0 saturated carbocycles.